The van der Waals surface area contributed by atoms with Crippen LogP contribution in [-0.2, 0) is 19.9 Å². The fraction of sp³-hybridized carbons (Fsp3) is 0.500. The first-order chi connectivity index (χ1) is 15.7. The number of aryl methyl sites for hydroxylation is 1. The topological polar surface area (TPSA) is 84.4 Å². The number of ether oxygens (including phenoxy) is 1. The third-order valence-electron chi connectivity index (χ3n) is 6.91. The van der Waals surface area contributed by atoms with E-state index >= 15 is 0 Å². The molecule has 2 heterocycles. The highest BCUT2D eigenvalue weighted by atomic mass is 35.5. The van der Waals surface area contributed by atoms with E-state index in [1.54, 1.807) is 31.2 Å². The molecule has 9 heteroatoms. The number of hydrogen-bond donors (Lipinski definition) is 1. The maximum Gasteiger partial charge on any atom is 0.278 e. The van der Waals surface area contributed by atoms with Crippen LogP contribution < -0.4 is 10.2 Å². The molecular weight excluding hydrogens is 447 g/mol. The third-order valence-corrected chi connectivity index (χ3v) is 7.10. The van der Waals surface area contributed by atoms with Gasteiger partial charge in [-0.1, -0.05) is 29.3 Å². The van der Waals surface area contributed by atoms with Crippen LogP contribution in [0.2, 0.25) is 0 Å². The fourth-order valence-corrected chi connectivity index (χ4v) is 4.79. The summed E-state index contributed by atoms with van der Waals surface area (Å²) in [5, 5.41) is 3.10. The van der Waals surface area contributed by atoms with E-state index in [9.17, 15) is 14.0 Å². The Hall–Kier alpha value is -2.58. The number of carbonyl (C=O) groups excluding carboxylic acids is 2. The fourth-order valence-electron chi connectivity index (χ4n) is 4.69. The average Bonchev–Trinajstić information content (AvgIpc) is 2.80. The Kier molecular flexibility index (Phi) is 6.68. The van der Waals surface area contributed by atoms with Gasteiger partial charge in [0.15, 0.2) is 5.54 Å². The molecule has 7 nitrogen and oxygen atoms in total. The van der Waals surface area contributed by atoms with Gasteiger partial charge >= 0.3 is 0 Å². The standard InChI is InChI=1S/C24H28ClFN4O3/c1-16-3-5-19(6-4-16)30(21(31)20(25)26)23(2,17-11-27-15-28-12-17)22(32)29-18-7-9-24(10-8-18)13-33-14-24/h3-6,11-12,15,18,20H,7-10,13-14H2,1-2H3,(H,29,32)/t20-,23?/m0/s1. The molecule has 1 aromatic carbocycles. The number of benzene rings is 1. The summed E-state index contributed by atoms with van der Waals surface area (Å²) < 4.78 is 19.6. The van der Waals surface area contributed by atoms with Gasteiger partial charge in [0.05, 0.1) is 13.2 Å². The molecule has 1 aromatic heterocycles. The van der Waals surface area contributed by atoms with Crippen LogP contribution in [0.3, 0.4) is 0 Å². The molecule has 176 valence electrons. The van der Waals surface area contributed by atoms with Crippen molar-refractivity contribution in [1.29, 1.82) is 0 Å². The molecule has 2 atom stereocenters. The van der Waals surface area contributed by atoms with E-state index in [1.807, 2.05) is 6.92 Å². The van der Waals surface area contributed by atoms with Crippen molar-refractivity contribution >= 4 is 29.1 Å². The van der Waals surface area contributed by atoms with Crippen LogP contribution in [0.15, 0.2) is 43.0 Å². The van der Waals surface area contributed by atoms with Crippen molar-refractivity contribution in [2.45, 2.75) is 56.7 Å². The minimum Gasteiger partial charge on any atom is -0.380 e. The van der Waals surface area contributed by atoms with Gasteiger partial charge in [-0.05, 0) is 51.7 Å². The van der Waals surface area contributed by atoms with Crippen LogP contribution >= 0.6 is 11.6 Å². The van der Waals surface area contributed by atoms with Crippen LogP contribution in [0.4, 0.5) is 10.1 Å². The Labute approximate surface area is 197 Å². The lowest BCUT2D eigenvalue weighted by atomic mass is 9.71. The summed E-state index contributed by atoms with van der Waals surface area (Å²) in [5.74, 6) is -1.47. The van der Waals surface area contributed by atoms with E-state index < -0.39 is 23.0 Å². The lowest BCUT2D eigenvalue weighted by Gasteiger charge is -2.47. The van der Waals surface area contributed by atoms with E-state index in [1.165, 1.54) is 18.7 Å². The molecule has 1 saturated heterocycles. The van der Waals surface area contributed by atoms with Crippen molar-refractivity contribution in [3.05, 3.63) is 54.1 Å². The van der Waals surface area contributed by atoms with Crippen LogP contribution in [0, 0.1) is 12.3 Å². The summed E-state index contributed by atoms with van der Waals surface area (Å²) in [5.41, 5.74) is -2.04. The van der Waals surface area contributed by atoms with Gasteiger partial charge in [0.1, 0.15) is 6.33 Å². The van der Waals surface area contributed by atoms with E-state index in [2.05, 4.69) is 15.3 Å². The van der Waals surface area contributed by atoms with E-state index in [-0.39, 0.29) is 11.5 Å². The number of anilines is 1. The molecule has 2 aliphatic rings. The van der Waals surface area contributed by atoms with E-state index in [0.29, 0.717) is 11.3 Å². The quantitative estimate of drug-likeness (QED) is 0.646. The average molecular weight is 475 g/mol. The summed E-state index contributed by atoms with van der Waals surface area (Å²) in [4.78, 5) is 36.1. The molecule has 33 heavy (non-hydrogen) atoms. The first-order valence-electron chi connectivity index (χ1n) is 11.1. The molecule has 1 unspecified atom stereocenters. The minimum atomic E-state index is -2.32. The number of carbonyl (C=O) groups is 2. The van der Waals surface area contributed by atoms with Crippen LogP contribution in [0.5, 0.6) is 0 Å². The second kappa shape index (κ2) is 9.35. The number of nitrogens with zero attached hydrogens (tertiary/aromatic N) is 3. The Morgan fingerprint density at radius 3 is 2.33 bits per heavy atom. The SMILES string of the molecule is Cc1ccc(N(C(=O)[C@H](F)Cl)C(C)(C(=O)NC2CCC3(CC2)COC3)c2cncnc2)cc1. The zero-order valence-corrected chi connectivity index (χ0v) is 19.5. The van der Waals surface area contributed by atoms with Crippen LogP contribution in [-0.4, -0.2) is 46.7 Å². The smallest absolute Gasteiger partial charge is 0.278 e. The molecule has 1 N–H and O–H groups in total. The first kappa shape index (κ1) is 23.6. The highest BCUT2D eigenvalue weighted by Gasteiger charge is 2.48. The maximum absolute atomic E-state index is 14.2. The molecule has 1 aliphatic heterocycles. The van der Waals surface area contributed by atoms with Gasteiger partial charge in [0.25, 0.3) is 17.4 Å². The summed E-state index contributed by atoms with van der Waals surface area (Å²) in [6.07, 6.45) is 7.83. The Morgan fingerprint density at radius 2 is 1.82 bits per heavy atom. The highest BCUT2D eigenvalue weighted by molar-refractivity contribution is 6.32. The predicted octanol–water partition coefficient (Wildman–Crippen LogP) is 3.64. The van der Waals surface area contributed by atoms with Gasteiger partial charge in [-0.25, -0.2) is 14.4 Å². The third kappa shape index (κ3) is 4.59. The second-order valence-electron chi connectivity index (χ2n) is 9.25. The summed E-state index contributed by atoms with van der Waals surface area (Å²) in [6, 6.07) is 6.86. The number of rotatable bonds is 6. The number of halogens is 2. The monoisotopic (exact) mass is 474 g/mol. The molecular formula is C24H28ClFN4O3. The predicted molar refractivity (Wildman–Crippen MR) is 122 cm³/mol. The van der Waals surface area contributed by atoms with Gasteiger partial charge in [-0.3, -0.25) is 14.5 Å². The molecule has 1 aliphatic carbocycles. The van der Waals surface area contributed by atoms with Crippen molar-refractivity contribution in [3.8, 4) is 0 Å². The number of hydrogen-bond acceptors (Lipinski definition) is 5. The van der Waals surface area contributed by atoms with E-state index in [4.69, 9.17) is 16.3 Å². The van der Waals surface area contributed by atoms with Crippen molar-refractivity contribution in [2.24, 2.45) is 5.41 Å². The Bertz CT molecular complexity index is 991. The van der Waals surface area contributed by atoms with Gasteiger partial charge in [-0.15, -0.1) is 0 Å². The van der Waals surface area contributed by atoms with Gasteiger partial charge in [-0.2, -0.15) is 0 Å². The lowest BCUT2D eigenvalue weighted by molar-refractivity contribution is -0.139. The number of amides is 2. The molecule has 2 fully saturated rings. The Morgan fingerprint density at radius 1 is 1.21 bits per heavy atom. The molecule has 1 saturated carbocycles. The normalized spacial score (nSPS) is 20.4. The van der Waals surface area contributed by atoms with Gasteiger partial charge < -0.3 is 10.1 Å². The van der Waals surface area contributed by atoms with Crippen molar-refractivity contribution in [2.75, 3.05) is 18.1 Å². The molecule has 2 amide bonds. The van der Waals surface area contributed by atoms with Crippen molar-refractivity contribution in [1.82, 2.24) is 15.3 Å². The maximum atomic E-state index is 14.2. The molecule has 0 bridgehead atoms. The zero-order chi connectivity index (χ0) is 23.6. The van der Waals surface area contributed by atoms with E-state index in [0.717, 1.165) is 49.4 Å². The van der Waals surface area contributed by atoms with Crippen molar-refractivity contribution < 1.29 is 18.7 Å². The summed E-state index contributed by atoms with van der Waals surface area (Å²) >= 11 is 5.62. The van der Waals surface area contributed by atoms with Crippen molar-refractivity contribution in [3.63, 3.8) is 0 Å². The zero-order valence-electron chi connectivity index (χ0n) is 18.8. The first-order valence-corrected chi connectivity index (χ1v) is 11.5. The number of aromatic nitrogens is 2. The van der Waals surface area contributed by atoms with Gasteiger partial charge in [0, 0.05) is 35.1 Å². The highest BCUT2D eigenvalue weighted by Crippen LogP contribution is 2.42. The molecule has 0 radical (unpaired) electrons. The molecule has 4 rings (SSSR count). The lowest BCUT2D eigenvalue weighted by Crippen LogP contribution is -2.60. The number of alkyl halides is 2. The Balaban J connectivity index is 1.69. The minimum absolute atomic E-state index is 0.0557. The molecule has 1 spiro atoms. The molecule has 2 aromatic rings. The van der Waals surface area contributed by atoms with Crippen LogP contribution in [0.1, 0.15) is 43.7 Å². The largest absolute Gasteiger partial charge is 0.380 e. The number of nitrogens with one attached hydrogen (secondary N) is 1. The van der Waals surface area contributed by atoms with Gasteiger partial charge in [0.2, 0.25) is 0 Å². The summed E-state index contributed by atoms with van der Waals surface area (Å²) in [7, 11) is 0. The van der Waals surface area contributed by atoms with Crippen LogP contribution in [0.25, 0.3) is 0 Å². The summed E-state index contributed by atoms with van der Waals surface area (Å²) in [6.45, 7) is 5.02. The second-order valence-corrected chi connectivity index (χ2v) is 9.63.